The van der Waals surface area contributed by atoms with E-state index >= 15 is 0 Å². The molecule has 3 rings (SSSR count). The molecule has 0 radical (unpaired) electrons. The van der Waals surface area contributed by atoms with Crippen LogP contribution in [-0.2, 0) is 0 Å². The van der Waals surface area contributed by atoms with Crippen LogP contribution in [0.15, 0.2) is 53.1 Å². The molecule has 4 nitrogen and oxygen atoms in total. The summed E-state index contributed by atoms with van der Waals surface area (Å²) in [7, 11) is 0. The predicted octanol–water partition coefficient (Wildman–Crippen LogP) is 4.25. The average Bonchev–Trinajstić information content (AvgIpc) is 3.05. The van der Waals surface area contributed by atoms with Crippen LogP contribution in [0.25, 0.3) is 23.0 Å². The molecule has 0 amide bonds. The van der Waals surface area contributed by atoms with Gasteiger partial charge in [0, 0.05) is 5.56 Å². The van der Waals surface area contributed by atoms with E-state index in [9.17, 15) is 9.65 Å². The second kappa shape index (κ2) is 6.24. The summed E-state index contributed by atoms with van der Waals surface area (Å²) in [5.41, 5.74) is 2.84. The number of hydrogen-bond donors (Lipinski definition) is 0. The van der Waals surface area contributed by atoms with Gasteiger partial charge in [-0.15, -0.1) is 0 Å². The predicted molar refractivity (Wildman–Crippen MR) is 84.4 cm³/mol. The third-order valence-corrected chi connectivity index (χ3v) is 3.27. The van der Waals surface area contributed by atoms with Gasteiger partial charge in [0.05, 0.1) is 0 Å². The molecule has 0 aliphatic carbocycles. The number of aromatic nitrogens is 2. The van der Waals surface area contributed by atoms with Crippen LogP contribution in [0.2, 0.25) is 0 Å². The van der Waals surface area contributed by atoms with E-state index in [2.05, 4.69) is 10.1 Å². The third kappa shape index (κ3) is 3.33. The van der Waals surface area contributed by atoms with Crippen LogP contribution in [0.1, 0.15) is 17.0 Å². The summed E-state index contributed by atoms with van der Waals surface area (Å²) in [6.07, 6.45) is 1.58. The highest BCUT2D eigenvalue weighted by molar-refractivity contribution is 5.86. The minimum absolute atomic E-state index is 0.132. The Labute approximate surface area is 132 Å². The minimum atomic E-state index is -0.333. The summed E-state index contributed by atoms with van der Waals surface area (Å²) in [6, 6.07) is 15.5. The molecule has 0 N–H and O–H groups in total. The molecule has 2 aromatic carbocycles. The van der Waals surface area contributed by atoms with Crippen LogP contribution in [0.4, 0.5) is 4.39 Å². The van der Waals surface area contributed by atoms with Gasteiger partial charge >= 0.3 is 0 Å². The molecular formula is C18H12FN3O. The van der Waals surface area contributed by atoms with Crippen molar-refractivity contribution >= 4 is 11.6 Å². The number of aryl methyl sites for hydroxylation is 1. The van der Waals surface area contributed by atoms with Gasteiger partial charge in [-0.25, -0.2) is 4.39 Å². The minimum Gasteiger partial charge on any atom is -0.333 e. The Balaban J connectivity index is 1.92. The van der Waals surface area contributed by atoms with Crippen LogP contribution in [0.5, 0.6) is 0 Å². The molecule has 3 aromatic rings. The zero-order valence-electron chi connectivity index (χ0n) is 12.3. The molecule has 0 bridgehead atoms. The molecule has 0 saturated carbocycles. The van der Waals surface area contributed by atoms with Gasteiger partial charge < -0.3 is 4.52 Å². The van der Waals surface area contributed by atoms with Gasteiger partial charge in [-0.2, -0.15) is 10.2 Å². The number of halogens is 1. The first-order valence-electron chi connectivity index (χ1n) is 6.94. The fraction of sp³-hybridized carbons (Fsp3) is 0.0556. The van der Waals surface area contributed by atoms with Gasteiger partial charge in [-0.1, -0.05) is 47.1 Å². The average molecular weight is 305 g/mol. The van der Waals surface area contributed by atoms with Gasteiger partial charge in [-0.3, -0.25) is 0 Å². The first-order valence-corrected chi connectivity index (χ1v) is 6.94. The highest BCUT2D eigenvalue weighted by atomic mass is 19.1. The molecule has 0 saturated heterocycles. The van der Waals surface area contributed by atoms with Gasteiger partial charge in [0.2, 0.25) is 5.82 Å². The van der Waals surface area contributed by atoms with Crippen LogP contribution >= 0.6 is 0 Å². The van der Waals surface area contributed by atoms with Crippen molar-refractivity contribution in [2.45, 2.75) is 6.92 Å². The lowest BCUT2D eigenvalue weighted by Gasteiger charge is -1.95. The second-order valence-corrected chi connectivity index (χ2v) is 5.01. The summed E-state index contributed by atoms with van der Waals surface area (Å²) in [5, 5.41) is 13.2. The van der Waals surface area contributed by atoms with Crippen LogP contribution in [-0.4, -0.2) is 10.1 Å². The smallest absolute Gasteiger partial charge is 0.268 e. The molecule has 0 atom stereocenters. The Morgan fingerprint density at radius 1 is 1.13 bits per heavy atom. The molecule has 0 aliphatic heterocycles. The van der Waals surface area contributed by atoms with E-state index in [0.29, 0.717) is 11.4 Å². The maximum atomic E-state index is 12.9. The van der Waals surface area contributed by atoms with E-state index in [-0.39, 0.29) is 17.3 Å². The van der Waals surface area contributed by atoms with E-state index in [1.54, 1.807) is 18.2 Å². The SMILES string of the molecule is Cc1ccc(-c2noc(/C(C#N)=C\c3ccc(F)cc3)n2)cc1. The van der Waals surface area contributed by atoms with Gasteiger partial charge in [0.1, 0.15) is 17.5 Å². The third-order valence-electron chi connectivity index (χ3n) is 3.27. The Hall–Kier alpha value is -3.26. The quantitative estimate of drug-likeness (QED) is 0.679. The van der Waals surface area contributed by atoms with Crippen molar-refractivity contribution in [3.05, 3.63) is 71.4 Å². The molecule has 0 spiro atoms. The van der Waals surface area contributed by atoms with Crippen molar-refractivity contribution in [2.24, 2.45) is 0 Å². The van der Waals surface area contributed by atoms with Gasteiger partial charge in [-0.05, 0) is 30.7 Å². The summed E-state index contributed by atoms with van der Waals surface area (Å²) < 4.78 is 18.1. The Bertz CT molecular complexity index is 887. The first-order chi connectivity index (χ1) is 11.2. The summed E-state index contributed by atoms with van der Waals surface area (Å²) in [6.45, 7) is 1.99. The molecule has 0 fully saturated rings. The Morgan fingerprint density at radius 3 is 2.48 bits per heavy atom. The molecule has 1 aromatic heterocycles. The van der Waals surface area contributed by atoms with Crippen molar-refractivity contribution in [3.8, 4) is 17.5 Å². The molecule has 112 valence electrons. The van der Waals surface area contributed by atoms with Crippen molar-refractivity contribution < 1.29 is 8.91 Å². The number of benzene rings is 2. The van der Waals surface area contributed by atoms with Gasteiger partial charge in [0.25, 0.3) is 5.89 Å². The first kappa shape index (κ1) is 14.7. The van der Waals surface area contributed by atoms with Gasteiger partial charge in [0.15, 0.2) is 0 Å². The number of allylic oxidation sites excluding steroid dienone is 1. The zero-order valence-corrected chi connectivity index (χ0v) is 12.3. The van der Waals surface area contributed by atoms with Crippen molar-refractivity contribution in [1.82, 2.24) is 10.1 Å². The summed E-state index contributed by atoms with van der Waals surface area (Å²) >= 11 is 0. The highest BCUT2D eigenvalue weighted by Gasteiger charge is 2.12. The maximum Gasteiger partial charge on any atom is 0.268 e. The lowest BCUT2D eigenvalue weighted by molar-refractivity contribution is 0.409. The van der Waals surface area contributed by atoms with Crippen molar-refractivity contribution in [3.63, 3.8) is 0 Å². The monoisotopic (exact) mass is 305 g/mol. The normalized spacial score (nSPS) is 11.3. The number of rotatable bonds is 3. The summed E-state index contributed by atoms with van der Waals surface area (Å²) in [4.78, 5) is 4.25. The molecule has 1 heterocycles. The molecule has 5 heteroatoms. The second-order valence-electron chi connectivity index (χ2n) is 5.01. The maximum absolute atomic E-state index is 12.9. The van der Waals surface area contributed by atoms with E-state index in [0.717, 1.165) is 11.1 Å². The topological polar surface area (TPSA) is 62.7 Å². The van der Waals surface area contributed by atoms with Crippen molar-refractivity contribution in [2.75, 3.05) is 0 Å². The van der Waals surface area contributed by atoms with Crippen LogP contribution in [0.3, 0.4) is 0 Å². The fourth-order valence-electron chi connectivity index (χ4n) is 2.02. The Kier molecular flexibility index (Phi) is 3.98. The van der Waals surface area contributed by atoms with E-state index in [4.69, 9.17) is 4.52 Å². The van der Waals surface area contributed by atoms with E-state index in [1.807, 2.05) is 37.3 Å². The highest BCUT2D eigenvalue weighted by Crippen LogP contribution is 2.21. The van der Waals surface area contributed by atoms with Crippen LogP contribution in [0, 0.1) is 24.1 Å². The molecule has 0 aliphatic rings. The molecular weight excluding hydrogens is 293 g/mol. The number of nitrogens with zero attached hydrogens (tertiary/aromatic N) is 3. The summed E-state index contributed by atoms with van der Waals surface area (Å²) in [5.74, 6) is 0.216. The number of nitriles is 1. The molecule has 0 unspecified atom stereocenters. The largest absolute Gasteiger partial charge is 0.333 e. The fourth-order valence-corrected chi connectivity index (χ4v) is 2.02. The Morgan fingerprint density at radius 2 is 1.83 bits per heavy atom. The van der Waals surface area contributed by atoms with Crippen LogP contribution < -0.4 is 0 Å². The van der Waals surface area contributed by atoms with Crippen molar-refractivity contribution in [1.29, 1.82) is 5.26 Å². The van der Waals surface area contributed by atoms with E-state index in [1.165, 1.54) is 12.1 Å². The lowest BCUT2D eigenvalue weighted by Crippen LogP contribution is -1.84. The standard InChI is InChI=1S/C18H12FN3O/c1-12-2-6-14(7-3-12)17-21-18(23-22-17)15(11-20)10-13-4-8-16(19)9-5-13/h2-10H,1H3/b15-10-. The molecule has 23 heavy (non-hydrogen) atoms. The number of hydrogen-bond acceptors (Lipinski definition) is 4. The van der Waals surface area contributed by atoms with E-state index < -0.39 is 0 Å². The zero-order chi connectivity index (χ0) is 16.2. The lowest BCUT2D eigenvalue weighted by atomic mass is 10.1.